The number of pyridine rings is 1. The molecule has 0 radical (unpaired) electrons. The van der Waals surface area contributed by atoms with Crippen LogP contribution in [0.1, 0.15) is 6.42 Å². The highest BCUT2D eigenvalue weighted by molar-refractivity contribution is 7.71. The minimum atomic E-state index is 0.436. The molecule has 2 fully saturated rings. The molecule has 0 amide bonds. The Balaban J connectivity index is 1.76. The van der Waals surface area contributed by atoms with Crippen molar-refractivity contribution in [3.05, 3.63) is 22.8 Å². The lowest BCUT2D eigenvalue weighted by Crippen LogP contribution is -2.76. The SMILES string of the molecule is S=c1cccc(N2CC3(CCN3)C2)[nH]1. The lowest BCUT2D eigenvalue weighted by Gasteiger charge is -2.57. The number of nitrogens with zero attached hydrogens (tertiary/aromatic N) is 1. The number of aromatic amines is 1. The predicted molar refractivity (Wildman–Crippen MR) is 59.2 cm³/mol. The highest BCUT2D eigenvalue weighted by atomic mass is 32.1. The van der Waals surface area contributed by atoms with Crippen LogP contribution < -0.4 is 10.2 Å². The van der Waals surface area contributed by atoms with Crippen LogP contribution in [-0.2, 0) is 0 Å². The van der Waals surface area contributed by atoms with E-state index in [4.69, 9.17) is 12.2 Å². The summed E-state index contributed by atoms with van der Waals surface area (Å²) < 4.78 is 0.810. The number of H-pyrrole nitrogens is 1. The first-order valence-corrected chi connectivity index (χ1v) is 5.38. The van der Waals surface area contributed by atoms with Gasteiger partial charge in [-0.2, -0.15) is 0 Å². The minimum Gasteiger partial charge on any atom is -0.354 e. The molecule has 3 heterocycles. The standard InChI is InChI=1S/C10H13N3S/c14-9-3-1-2-8(12-9)13-6-10(7-13)4-5-11-10/h1-3,11H,4-7H2,(H,12,14). The second-order valence-electron chi connectivity index (χ2n) is 4.21. The molecule has 1 aromatic heterocycles. The predicted octanol–water partition coefficient (Wildman–Crippen LogP) is 1.30. The van der Waals surface area contributed by atoms with E-state index in [0.717, 1.165) is 23.5 Å². The van der Waals surface area contributed by atoms with Crippen molar-refractivity contribution in [2.45, 2.75) is 12.0 Å². The summed E-state index contributed by atoms with van der Waals surface area (Å²) in [6.45, 7) is 3.41. The fourth-order valence-corrected chi connectivity index (χ4v) is 2.41. The molecule has 1 spiro atoms. The van der Waals surface area contributed by atoms with Gasteiger partial charge in [0.05, 0.1) is 5.54 Å². The molecule has 74 valence electrons. The fourth-order valence-electron chi connectivity index (χ4n) is 2.22. The third kappa shape index (κ3) is 1.18. The van der Waals surface area contributed by atoms with Crippen LogP contribution in [0.3, 0.4) is 0 Å². The van der Waals surface area contributed by atoms with Gasteiger partial charge < -0.3 is 15.2 Å². The molecule has 0 bridgehead atoms. The van der Waals surface area contributed by atoms with Crippen molar-refractivity contribution < 1.29 is 0 Å². The summed E-state index contributed by atoms with van der Waals surface area (Å²) in [5, 5.41) is 3.49. The first-order chi connectivity index (χ1) is 6.77. The van der Waals surface area contributed by atoms with E-state index in [0.29, 0.717) is 5.54 Å². The van der Waals surface area contributed by atoms with Crippen molar-refractivity contribution in [1.82, 2.24) is 10.3 Å². The van der Waals surface area contributed by atoms with E-state index in [1.165, 1.54) is 13.0 Å². The van der Waals surface area contributed by atoms with Gasteiger partial charge in [0.25, 0.3) is 0 Å². The van der Waals surface area contributed by atoms with Gasteiger partial charge in [-0.15, -0.1) is 0 Å². The molecule has 4 heteroatoms. The summed E-state index contributed by atoms with van der Waals surface area (Å²) in [7, 11) is 0. The van der Waals surface area contributed by atoms with E-state index in [9.17, 15) is 0 Å². The molecule has 0 unspecified atom stereocenters. The molecule has 3 rings (SSSR count). The molecular weight excluding hydrogens is 194 g/mol. The molecule has 0 saturated carbocycles. The number of rotatable bonds is 1. The van der Waals surface area contributed by atoms with Crippen LogP contribution >= 0.6 is 12.2 Å². The highest BCUT2D eigenvalue weighted by Gasteiger charge is 2.47. The molecule has 0 aliphatic carbocycles. The summed E-state index contributed by atoms with van der Waals surface area (Å²) >= 11 is 5.09. The average molecular weight is 207 g/mol. The molecule has 2 aliphatic heterocycles. The smallest absolute Gasteiger partial charge is 0.106 e. The third-order valence-electron chi connectivity index (χ3n) is 3.18. The molecular formula is C10H13N3S. The van der Waals surface area contributed by atoms with Crippen molar-refractivity contribution in [1.29, 1.82) is 0 Å². The van der Waals surface area contributed by atoms with E-state index in [-0.39, 0.29) is 0 Å². The summed E-state index contributed by atoms with van der Waals surface area (Å²) in [6, 6.07) is 6.00. The van der Waals surface area contributed by atoms with Gasteiger partial charge in [0, 0.05) is 13.1 Å². The Morgan fingerprint density at radius 2 is 2.14 bits per heavy atom. The van der Waals surface area contributed by atoms with E-state index in [1.807, 2.05) is 12.1 Å². The number of nitrogens with one attached hydrogen (secondary N) is 2. The number of hydrogen-bond donors (Lipinski definition) is 2. The minimum absolute atomic E-state index is 0.436. The first-order valence-electron chi connectivity index (χ1n) is 4.97. The van der Waals surface area contributed by atoms with Crippen molar-refractivity contribution in [2.24, 2.45) is 0 Å². The van der Waals surface area contributed by atoms with Gasteiger partial charge in [0.1, 0.15) is 10.5 Å². The van der Waals surface area contributed by atoms with Gasteiger partial charge >= 0.3 is 0 Å². The first kappa shape index (κ1) is 8.44. The van der Waals surface area contributed by atoms with Crippen LogP contribution in [0.25, 0.3) is 0 Å². The summed E-state index contributed by atoms with van der Waals surface area (Å²) in [6.07, 6.45) is 1.32. The van der Waals surface area contributed by atoms with Crippen molar-refractivity contribution >= 4 is 18.0 Å². The second-order valence-corrected chi connectivity index (χ2v) is 4.65. The molecule has 2 aliphatic rings. The topological polar surface area (TPSA) is 31.1 Å². The zero-order chi connectivity index (χ0) is 9.60. The van der Waals surface area contributed by atoms with E-state index < -0.39 is 0 Å². The Kier molecular flexibility index (Phi) is 1.69. The Morgan fingerprint density at radius 3 is 2.71 bits per heavy atom. The Hall–Kier alpha value is -0.870. The van der Waals surface area contributed by atoms with Gasteiger partial charge in [-0.25, -0.2) is 0 Å². The van der Waals surface area contributed by atoms with Crippen molar-refractivity contribution in [2.75, 3.05) is 24.5 Å². The van der Waals surface area contributed by atoms with Crippen LogP contribution in [0.5, 0.6) is 0 Å². The monoisotopic (exact) mass is 207 g/mol. The molecule has 2 N–H and O–H groups in total. The Labute approximate surface area is 88.1 Å². The maximum atomic E-state index is 5.09. The van der Waals surface area contributed by atoms with E-state index >= 15 is 0 Å². The fraction of sp³-hybridized carbons (Fsp3) is 0.500. The maximum absolute atomic E-state index is 5.09. The normalized spacial score (nSPS) is 23.0. The lowest BCUT2D eigenvalue weighted by atomic mass is 9.80. The van der Waals surface area contributed by atoms with Gasteiger partial charge in [-0.1, -0.05) is 18.3 Å². The van der Waals surface area contributed by atoms with Crippen molar-refractivity contribution in [3.63, 3.8) is 0 Å². The second kappa shape index (κ2) is 2.81. The van der Waals surface area contributed by atoms with Crippen LogP contribution in [0.4, 0.5) is 5.82 Å². The van der Waals surface area contributed by atoms with Crippen LogP contribution in [-0.4, -0.2) is 30.2 Å². The van der Waals surface area contributed by atoms with E-state index in [1.54, 1.807) is 0 Å². The quantitative estimate of drug-likeness (QED) is 0.681. The molecule has 14 heavy (non-hydrogen) atoms. The zero-order valence-electron chi connectivity index (χ0n) is 7.92. The summed E-state index contributed by atoms with van der Waals surface area (Å²) in [5.74, 6) is 1.15. The number of anilines is 1. The van der Waals surface area contributed by atoms with Crippen molar-refractivity contribution in [3.8, 4) is 0 Å². The van der Waals surface area contributed by atoms with E-state index in [2.05, 4.69) is 21.3 Å². The molecule has 3 nitrogen and oxygen atoms in total. The van der Waals surface area contributed by atoms with Crippen LogP contribution in [0, 0.1) is 4.64 Å². The van der Waals surface area contributed by atoms with Gasteiger partial charge in [0.2, 0.25) is 0 Å². The Bertz CT molecular complexity index is 400. The van der Waals surface area contributed by atoms with Crippen LogP contribution in [0.15, 0.2) is 18.2 Å². The summed E-state index contributed by atoms with van der Waals surface area (Å²) in [5.41, 5.74) is 0.436. The Morgan fingerprint density at radius 1 is 1.36 bits per heavy atom. The summed E-state index contributed by atoms with van der Waals surface area (Å²) in [4.78, 5) is 5.54. The average Bonchev–Trinajstić information content (AvgIpc) is 1.98. The molecule has 0 atom stereocenters. The molecule has 2 saturated heterocycles. The zero-order valence-corrected chi connectivity index (χ0v) is 8.73. The third-order valence-corrected chi connectivity index (χ3v) is 3.42. The largest absolute Gasteiger partial charge is 0.354 e. The highest BCUT2D eigenvalue weighted by Crippen LogP contribution is 2.32. The van der Waals surface area contributed by atoms with Gasteiger partial charge in [0.15, 0.2) is 0 Å². The molecule has 1 aromatic rings. The number of aromatic nitrogens is 1. The lowest BCUT2D eigenvalue weighted by molar-refractivity contribution is 0.158. The molecule has 0 aromatic carbocycles. The van der Waals surface area contributed by atoms with Gasteiger partial charge in [-0.05, 0) is 25.1 Å². The number of hydrogen-bond acceptors (Lipinski definition) is 3. The maximum Gasteiger partial charge on any atom is 0.106 e. The van der Waals surface area contributed by atoms with Crippen LogP contribution in [0.2, 0.25) is 0 Å². The van der Waals surface area contributed by atoms with Gasteiger partial charge in [-0.3, -0.25) is 0 Å².